The van der Waals surface area contributed by atoms with Crippen molar-refractivity contribution in [3.63, 3.8) is 0 Å². The van der Waals surface area contributed by atoms with E-state index in [-0.39, 0.29) is 6.54 Å². The maximum Gasteiger partial charge on any atom is 0.416 e. The van der Waals surface area contributed by atoms with E-state index < -0.39 is 24.7 Å². The van der Waals surface area contributed by atoms with Gasteiger partial charge in [0.15, 0.2) is 0 Å². The fraction of sp³-hybridized carbons (Fsp3) is 0.400. The first-order chi connectivity index (χ1) is 7.39. The first-order valence-electron chi connectivity index (χ1n) is 4.54. The molecule has 0 saturated carbocycles. The smallest absolute Gasteiger partial charge is 0.307 e. The van der Waals surface area contributed by atoms with Gasteiger partial charge in [-0.15, -0.1) is 0 Å². The normalized spacial score (nSPS) is 12.1. The molecule has 0 aliphatic heterocycles. The van der Waals surface area contributed by atoms with Crippen molar-refractivity contribution in [1.29, 1.82) is 0 Å². The number of rotatable bonds is 4. The predicted octanol–water partition coefficient (Wildman–Crippen LogP) is 3.06. The van der Waals surface area contributed by atoms with E-state index in [0.29, 0.717) is 5.56 Å². The Kier molecular flexibility index (Phi) is 4.23. The molecule has 0 unspecified atom stereocenters. The summed E-state index contributed by atoms with van der Waals surface area (Å²) >= 11 is 0. The van der Waals surface area contributed by atoms with Gasteiger partial charge in [-0.05, 0) is 11.6 Å². The lowest BCUT2D eigenvalue weighted by Crippen LogP contribution is -2.20. The van der Waals surface area contributed by atoms with Gasteiger partial charge in [-0.3, -0.25) is 0 Å². The van der Waals surface area contributed by atoms with Crippen molar-refractivity contribution in [2.45, 2.75) is 19.1 Å². The molecule has 1 aromatic carbocycles. The van der Waals surface area contributed by atoms with Crippen molar-refractivity contribution in [3.8, 4) is 0 Å². The number of benzene rings is 1. The standard InChI is InChI=1S/C10H10F5N/c11-9(12)6-16-5-7-2-1-3-8(4-7)10(13,14)15/h1-4,9,16H,5-6H2. The van der Waals surface area contributed by atoms with Gasteiger partial charge < -0.3 is 5.32 Å². The van der Waals surface area contributed by atoms with Crippen LogP contribution < -0.4 is 5.32 Å². The van der Waals surface area contributed by atoms with Gasteiger partial charge >= 0.3 is 6.18 Å². The van der Waals surface area contributed by atoms with E-state index in [2.05, 4.69) is 5.32 Å². The summed E-state index contributed by atoms with van der Waals surface area (Å²) in [7, 11) is 0. The second kappa shape index (κ2) is 5.25. The van der Waals surface area contributed by atoms with Crippen LogP contribution >= 0.6 is 0 Å². The number of alkyl halides is 5. The molecule has 0 atom stereocenters. The van der Waals surface area contributed by atoms with Crippen molar-refractivity contribution < 1.29 is 22.0 Å². The van der Waals surface area contributed by atoms with Crippen LogP contribution in [0.1, 0.15) is 11.1 Å². The van der Waals surface area contributed by atoms with Crippen LogP contribution in [0.25, 0.3) is 0 Å². The monoisotopic (exact) mass is 239 g/mol. The lowest BCUT2D eigenvalue weighted by Gasteiger charge is -2.09. The molecule has 1 rings (SSSR count). The summed E-state index contributed by atoms with van der Waals surface area (Å²) in [5.74, 6) is 0. The highest BCUT2D eigenvalue weighted by molar-refractivity contribution is 5.25. The Hall–Kier alpha value is -1.17. The van der Waals surface area contributed by atoms with Crippen LogP contribution in [0.4, 0.5) is 22.0 Å². The molecule has 0 fully saturated rings. The summed E-state index contributed by atoms with van der Waals surface area (Å²) in [6, 6.07) is 4.59. The van der Waals surface area contributed by atoms with Gasteiger partial charge in [-0.2, -0.15) is 13.2 Å². The molecule has 16 heavy (non-hydrogen) atoms. The zero-order chi connectivity index (χ0) is 12.2. The molecule has 0 bridgehead atoms. The Morgan fingerprint density at radius 3 is 2.44 bits per heavy atom. The van der Waals surface area contributed by atoms with Crippen molar-refractivity contribution in [2.24, 2.45) is 0 Å². The van der Waals surface area contributed by atoms with Crippen LogP contribution in [0, 0.1) is 0 Å². The van der Waals surface area contributed by atoms with Gasteiger partial charge in [-0.25, -0.2) is 8.78 Å². The third-order valence-corrected chi connectivity index (χ3v) is 1.88. The largest absolute Gasteiger partial charge is 0.416 e. The molecule has 0 heterocycles. The molecular formula is C10H10F5N. The minimum Gasteiger partial charge on any atom is -0.307 e. The highest BCUT2D eigenvalue weighted by Crippen LogP contribution is 2.29. The van der Waals surface area contributed by atoms with E-state index in [9.17, 15) is 22.0 Å². The number of hydrogen-bond acceptors (Lipinski definition) is 1. The van der Waals surface area contributed by atoms with E-state index >= 15 is 0 Å². The molecule has 0 amide bonds. The summed E-state index contributed by atoms with van der Waals surface area (Å²) in [5.41, 5.74) is -0.445. The number of hydrogen-bond donors (Lipinski definition) is 1. The van der Waals surface area contributed by atoms with Gasteiger partial charge in [0.1, 0.15) is 0 Å². The van der Waals surface area contributed by atoms with Crippen molar-refractivity contribution in [2.75, 3.05) is 6.54 Å². The molecule has 0 aromatic heterocycles. The fourth-order valence-electron chi connectivity index (χ4n) is 1.18. The molecule has 0 saturated heterocycles. The van der Waals surface area contributed by atoms with Crippen LogP contribution in [-0.2, 0) is 12.7 Å². The van der Waals surface area contributed by atoms with Gasteiger partial charge in [0.2, 0.25) is 0 Å². The molecule has 90 valence electrons. The third-order valence-electron chi connectivity index (χ3n) is 1.88. The summed E-state index contributed by atoms with van der Waals surface area (Å²) in [5, 5.41) is 2.36. The molecule has 0 radical (unpaired) electrons. The fourth-order valence-corrected chi connectivity index (χ4v) is 1.18. The SMILES string of the molecule is FC(F)CNCc1cccc(C(F)(F)F)c1. The van der Waals surface area contributed by atoms with E-state index in [1.807, 2.05) is 0 Å². The van der Waals surface area contributed by atoms with Crippen LogP contribution in [0.3, 0.4) is 0 Å². The maximum atomic E-state index is 12.3. The topological polar surface area (TPSA) is 12.0 Å². The van der Waals surface area contributed by atoms with E-state index in [1.54, 1.807) is 0 Å². The van der Waals surface area contributed by atoms with Gasteiger partial charge in [0, 0.05) is 6.54 Å². The molecule has 0 aliphatic carbocycles. The average molecular weight is 239 g/mol. The summed E-state index contributed by atoms with van der Waals surface area (Å²) < 4.78 is 60.4. The zero-order valence-corrected chi connectivity index (χ0v) is 8.19. The molecular weight excluding hydrogens is 229 g/mol. The lowest BCUT2D eigenvalue weighted by atomic mass is 10.1. The predicted molar refractivity (Wildman–Crippen MR) is 49.2 cm³/mol. The Bertz CT molecular complexity index is 334. The summed E-state index contributed by atoms with van der Waals surface area (Å²) in [6.45, 7) is -0.537. The number of nitrogens with one attached hydrogen (secondary N) is 1. The minimum absolute atomic E-state index is 0.00569. The highest BCUT2D eigenvalue weighted by Gasteiger charge is 2.30. The third kappa shape index (κ3) is 4.14. The first-order valence-corrected chi connectivity index (χ1v) is 4.54. The van der Waals surface area contributed by atoms with Crippen LogP contribution in [0.2, 0.25) is 0 Å². The van der Waals surface area contributed by atoms with Crippen molar-refractivity contribution in [3.05, 3.63) is 35.4 Å². The Morgan fingerprint density at radius 2 is 1.88 bits per heavy atom. The molecule has 0 aliphatic rings. The second-order valence-corrected chi connectivity index (χ2v) is 3.22. The quantitative estimate of drug-likeness (QED) is 0.796. The van der Waals surface area contributed by atoms with Crippen LogP contribution in [0.5, 0.6) is 0 Å². The first kappa shape index (κ1) is 12.9. The average Bonchev–Trinajstić information content (AvgIpc) is 2.16. The Balaban J connectivity index is 2.61. The van der Waals surface area contributed by atoms with Gasteiger partial charge in [0.25, 0.3) is 6.43 Å². The van der Waals surface area contributed by atoms with Gasteiger partial charge in [-0.1, -0.05) is 18.2 Å². The van der Waals surface area contributed by atoms with Crippen LogP contribution in [-0.4, -0.2) is 13.0 Å². The van der Waals surface area contributed by atoms with Crippen molar-refractivity contribution in [1.82, 2.24) is 5.32 Å². The maximum absolute atomic E-state index is 12.3. The molecule has 1 nitrogen and oxygen atoms in total. The highest BCUT2D eigenvalue weighted by atomic mass is 19.4. The number of halogens is 5. The molecule has 1 N–H and O–H groups in total. The molecule has 1 aromatic rings. The molecule has 6 heteroatoms. The van der Waals surface area contributed by atoms with E-state index in [4.69, 9.17) is 0 Å². The van der Waals surface area contributed by atoms with Crippen molar-refractivity contribution >= 4 is 0 Å². The Labute approximate surface area is 89.3 Å². The minimum atomic E-state index is -4.40. The summed E-state index contributed by atoms with van der Waals surface area (Å²) in [4.78, 5) is 0. The Morgan fingerprint density at radius 1 is 1.19 bits per heavy atom. The molecule has 0 spiro atoms. The summed E-state index contributed by atoms with van der Waals surface area (Å²) in [6.07, 6.45) is -6.91. The van der Waals surface area contributed by atoms with E-state index in [1.165, 1.54) is 12.1 Å². The second-order valence-electron chi connectivity index (χ2n) is 3.22. The zero-order valence-electron chi connectivity index (χ0n) is 8.19. The lowest BCUT2D eigenvalue weighted by molar-refractivity contribution is -0.137. The van der Waals surface area contributed by atoms with E-state index in [0.717, 1.165) is 12.1 Å². The van der Waals surface area contributed by atoms with Crippen LogP contribution in [0.15, 0.2) is 24.3 Å². The van der Waals surface area contributed by atoms with Gasteiger partial charge in [0.05, 0.1) is 12.1 Å².